The smallest absolute Gasteiger partial charge is 0.259 e. The quantitative estimate of drug-likeness (QED) is 0.727. The molecule has 2 nitrogen and oxygen atoms in total. The highest BCUT2D eigenvalue weighted by atomic mass is 35.5. The molecule has 1 heterocycles. The first-order chi connectivity index (χ1) is 6.41. The topological polar surface area (TPSA) is 20.3 Å². The molecule has 0 aromatic rings. The molecular weight excluding hydrogens is 268 g/mol. The molecule has 1 atom stereocenters. The lowest BCUT2D eigenvalue weighted by molar-refractivity contribution is -0.128. The maximum absolute atomic E-state index is 11.7. The molecule has 1 unspecified atom stereocenters. The summed E-state index contributed by atoms with van der Waals surface area (Å²) >= 11 is 23.3. The molecular formula is C8H11Cl4NO. The lowest BCUT2D eigenvalue weighted by atomic mass is 10.1. The van der Waals surface area contributed by atoms with Gasteiger partial charge in [-0.15, -0.1) is 23.2 Å². The summed E-state index contributed by atoms with van der Waals surface area (Å²) in [5.41, 5.74) is 0. The van der Waals surface area contributed by atoms with Crippen LogP contribution >= 0.6 is 46.4 Å². The molecule has 82 valence electrons. The van der Waals surface area contributed by atoms with Crippen molar-refractivity contribution in [3.05, 3.63) is 0 Å². The van der Waals surface area contributed by atoms with Gasteiger partial charge >= 0.3 is 0 Å². The Labute approximate surface area is 103 Å². The lowest BCUT2D eigenvalue weighted by Crippen LogP contribution is -2.34. The number of hydrogen-bond donors (Lipinski definition) is 0. The third kappa shape index (κ3) is 2.24. The molecule has 1 rings (SSSR count). The van der Waals surface area contributed by atoms with E-state index in [1.165, 1.54) is 0 Å². The average Bonchev–Trinajstić information content (AvgIpc) is 2.29. The van der Waals surface area contributed by atoms with E-state index in [1.807, 2.05) is 6.92 Å². The molecule has 0 radical (unpaired) electrons. The van der Waals surface area contributed by atoms with Crippen molar-refractivity contribution < 1.29 is 4.79 Å². The number of nitrogens with zero attached hydrogens (tertiary/aromatic N) is 1. The first-order valence-electron chi connectivity index (χ1n) is 4.36. The van der Waals surface area contributed by atoms with Crippen LogP contribution in [0.2, 0.25) is 0 Å². The van der Waals surface area contributed by atoms with Crippen molar-refractivity contribution in [3.63, 3.8) is 0 Å². The van der Waals surface area contributed by atoms with Gasteiger partial charge in [0, 0.05) is 19.0 Å². The predicted octanol–water partition coefficient (Wildman–Crippen LogP) is 2.83. The molecule has 0 aliphatic carbocycles. The predicted molar refractivity (Wildman–Crippen MR) is 60.3 cm³/mol. The zero-order chi connectivity index (χ0) is 10.9. The van der Waals surface area contributed by atoms with Crippen molar-refractivity contribution in [1.82, 2.24) is 4.90 Å². The van der Waals surface area contributed by atoms with Gasteiger partial charge in [-0.1, -0.05) is 30.1 Å². The monoisotopic (exact) mass is 277 g/mol. The number of likely N-dealkylation sites (tertiary alicyclic amines) is 1. The largest absolute Gasteiger partial charge is 0.340 e. The number of carbonyl (C=O) groups excluding carboxylic acids is 1. The second-order valence-electron chi connectivity index (χ2n) is 3.32. The zero-order valence-corrected chi connectivity index (χ0v) is 10.7. The van der Waals surface area contributed by atoms with Crippen LogP contribution in [-0.4, -0.2) is 33.1 Å². The van der Waals surface area contributed by atoms with Crippen LogP contribution in [0, 0.1) is 5.92 Å². The molecule has 6 heteroatoms. The summed E-state index contributed by atoms with van der Waals surface area (Å²) in [6.07, 6.45) is 0.859. The van der Waals surface area contributed by atoms with Gasteiger partial charge < -0.3 is 4.90 Å². The highest BCUT2D eigenvalue weighted by molar-refractivity contribution is 6.60. The minimum absolute atomic E-state index is 0.293. The van der Waals surface area contributed by atoms with Gasteiger partial charge in [0.2, 0.25) is 4.33 Å². The summed E-state index contributed by atoms with van der Waals surface area (Å²) in [4.78, 5) is 12.6. The minimum atomic E-state index is -1.47. The molecule has 1 aliphatic rings. The minimum Gasteiger partial charge on any atom is -0.340 e. The first kappa shape index (κ1) is 12.7. The Kier molecular flexibility index (Phi) is 4.22. The van der Waals surface area contributed by atoms with Crippen LogP contribution < -0.4 is 0 Å². The van der Waals surface area contributed by atoms with Crippen LogP contribution in [0.5, 0.6) is 0 Å². The molecule has 1 saturated heterocycles. The van der Waals surface area contributed by atoms with E-state index >= 15 is 0 Å². The molecule has 0 aromatic heterocycles. The standard InChI is InChI=1S/C8H11Cl4NO/c1-2-3-13-4-5(6(9)10)8(11,12)7(13)14/h5-6H,2-4H2,1H3. The Morgan fingerprint density at radius 1 is 1.57 bits per heavy atom. The second-order valence-corrected chi connectivity index (χ2v) is 5.86. The van der Waals surface area contributed by atoms with Crippen molar-refractivity contribution in [2.24, 2.45) is 5.92 Å². The average molecular weight is 279 g/mol. The normalized spacial score (nSPS) is 26.3. The van der Waals surface area contributed by atoms with E-state index in [0.29, 0.717) is 13.1 Å². The Morgan fingerprint density at radius 2 is 2.14 bits per heavy atom. The van der Waals surface area contributed by atoms with E-state index in [9.17, 15) is 4.79 Å². The molecule has 0 aromatic carbocycles. The van der Waals surface area contributed by atoms with Gasteiger partial charge in [0.15, 0.2) is 0 Å². The van der Waals surface area contributed by atoms with Crippen molar-refractivity contribution >= 4 is 52.3 Å². The highest BCUT2D eigenvalue weighted by Gasteiger charge is 2.53. The highest BCUT2D eigenvalue weighted by Crippen LogP contribution is 2.43. The van der Waals surface area contributed by atoms with E-state index in [4.69, 9.17) is 46.4 Å². The van der Waals surface area contributed by atoms with Crippen molar-refractivity contribution in [1.29, 1.82) is 0 Å². The van der Waals surface area contributed by atoms with Crippen LogP contribution in [0.4, 0.5) is 0 Å². The van der Waals surface area contributed by atoms with Gasteiger partial charge in [-0.2, -0.15) is 0 Å². The number of carbonyl (C=O) groups is 1. The van der Waals surface area contributed by atoms with Gasteiger partial charge in [0.25, 0.3) is 5.91 Å². The molecule has 1 amide bonds. The van der Waals surface area contributed by atoms with Crippen LogP contribution in [0.1, 0.15) is 13.3 Å². The summed E-state index contributed by atoms with van der Waals surface area (Å²) in [7, 11) is 0. The number of hydrogen-bond acceptors (Lipinski definition) is 1. The van der Waals surface area contributed by atoms with Gasteiger partial charge in [-0.3, -0.25) is 4.79 Å². The maximum Gasteiger partial charge on any atom is 0.259 e. The molecule has 1 aliphatic heterocycles. The van der Waals surface area contributed by atoms with Gasteiger partial charge in [0.1, 0.15) is 4.84 Å². The molecule has 0 N–H and O–H groups in total. The molecule has 0 bridgehead atoms. The Morgan fingerprint density at radius 3 is 2.50 bits per heavy atom. The fourth-order valence-electron chi connectivity index (χ4n) is 1.51. The van der Waals surface area contributed by atoms with E-state index in [2.05, 4.69) is 0 Å². The fraction of sp³-hybridized carbons (Fsp3) is 0.875. The summed E-state index contributed by atoms with van der Waals surface area (Å²) in [5.74, 6) is -0.716. The van der Waals surface area contributed by atoms with Gasteiger partial charge in [-0.25, -0.2) is 0 Å². The van der Waals surface area contributed by atoms with Crippen LogP contribution in [0.3, 0.4) is 0 Å². The number of rotatable bonds is 3. The van der Waals surface area contributed by atoms with E-state index in [-0.39, 0.29) is 5.91 Å². The zero-order valence-electron chi connectivity index (χ0n) is 7.64. The summed E-state index contributed by atoms with van der Waals surface area (Å²) < 4.78 is -1.47. The fourth-order valence-corrected chi connectivity index (χ4v) is 2.93. The molecule has 14 heavy (non-hydrogen) atoms. The first-order valence-corrected chi connectivity index (χ1v) is 5.99. The third-order valence-electron chi connectivity index (χ3n) is 2.25. The SMILES string of the molecule is CCCN1CC(C(Cl)Cl)C(Cl)(Cl)C1=O. The van der Waals surface area contributed by atoms with Crippen molar-refractivity contribution in [2.45, 2.75) is 22.5 Å². The van der Waals surface area contributed by atoms with Crippen LogP contribution in [0.15, 0.2) is 0 Å². The molecule has 0 spiro atoms. The Balaban J connectivity index is 2.80. The maximum atomic E-state index is 11.7. The van der Waals surface area contributed by atoms with Crippen LogP contribution in [-0.2, 0) is 4.79 Å². The summed E-state index contributed by atoms with van der Waals surface area (Å²) in [6, 6.07) is 0. The summed E-state index contributed by atoms with van der Waals surface area (Å²) in [6.45, 7) is 3.04. The number of amides is 1. The number of alkyl halides is 4. The van der Waals surface area contributed by atoms with Crippen molar-refractivity contribution in [2.75, 3.05) is 13.1 Å². The van der Waals surface area contributed by atoms with Crippen molar-refractivity contribution in [3.8, 4) is 0 Å². The van der Waals surface area contributed by atoms with E-state index < -0.39 is 15.1 Å². The van der Waals surface area contributed by atoms with E-state index in [0.717, 1.165) is 6.42 Å². The van der Waals surface area contributed by atoms with Crippen LogP contribution in [0.25, 0.3) is 0 Å². The Hall–Kier alpha value is 0.630. The summed E-state index contributed by atoms with van der Waals surface area (Å²) in [5, 5.41) is 0. The van der Waals surface area contributed by atoms with E-state index in [1.54, 1.807) is 4.90 Å². The Bertz CT molecular complexity index is 231. The number of halogens is 4. The van der Waals surface area contributed by atoms with Gasteiger partial charge in [0.05, 0.1) is 0 Å². The lowest BCUT2D eigenvalue weighted by Gasteiger charge is -2.18. The second kappa shape index (κ2) is 4.65. The molecule has 0 saturated carbocycles. The third-order valence-corrected chi connectivity index (χ3v) is 3.75. The van der Waals surface area contributed by atoms with Gasteiger partial charge in [-0.05, 0) is 6.42 Å². The molecule has 1 fully saturated rings.